The highest BCUT2D eigenvalue weighted by molar-refractivity contribution is 7.09. The van der Waals surface area contributed by atoms with E-state index in [0.717, 1.165) is 29.9 Å². The highest BCUT2D eigenvalue weighted by Gasteiger charge is 2.36. The summed E-state index contributed by atoms with van der Waals surface area (Å²) in [5.41, 5.74) is 13.2. The maximum absolute atomic E-state index is 14.1. The molecule has 1 aromatic heterocycles. The third-order valence-electron chi connectivity index (χ3n) is 6.20. The Kier molecular flexibility index (Phi) is 8.59. The second-order valence-corrected chi connectivity index (χ2v) is 9.71. The number of benzene rings is 2. The van der Waals surface area contributed by atoms with Crippen molar-refractivity contribution < 1.29 is 23.9 Å². The van der Waals surface area contributed by atoms with E-state index in [9.17, 15) is 14.4 Å². The Morgan fingerprint density at radius 3 is 2.61 bits per heavy atom. The molecule has 2 aromatic carbocycles. The fourth-order valence-electron chi connectivity index (χ4n) is 4.35. The Morgan fingerprint density at radius 2 is 2.00 bits per heavy atom. The molecule has 0 spiro atoms. The molecule has 38 heavy (non-hydrogen) atoms. The Hall–Kier alpha value is -3.96. The van der Waals surface area contributed by atoms with Gasteiger partial charge in [-0.3, -0.25) is 19.3 Å². The zero-order valence-corrected chi connectivity index (χ0v) is 22.1. The van der Waals surface area contributed by atoms with Crippen molar-refractivity contribution in [1.29, 1.82) is 0 Å². The number of aryl methyl sites for hydroxylation is 1. The van der Waals surface area contributed by atoms with Crippen molar-refractivity contribution in [2.75, 3.05) is 30.4 Å². The van der Waals surface area contributed by atoms with Crippen LogP contribution >= 0.6 is 11.5 Å². The molecule has 3 amide bonds. The molecule has 10 nitrogen and oxygen atoms in total. The fraction of sp³-hybridized carbons (Fsp3) is 0.333. The minimum absolute atomic E-state index is 0.0168. The number of hydrogen-bond acceptors (Lipinski definition) is 8. The van der Waals surface area contributed by atoms with Crippen LogP contribution in [-0.2, 0) is 9.53 Å². The van der Waals surface area contributed by atoms with Gasteiger partial charge in [-0.05, 0) is 73.6 Å². The smallest absolute Gasteiger partial charge is 0.273 e. The van der Waals surface area contributed by atoms with Gasteiger partial charge in [0.25, 0.3) is 11.8 Å². The first-order chi connectivity index (χ1) is 18.3. The first-order valence-corrected chi connectivity index (χ1v) is 13.1. The zero-order chi connectivity index (χ0) is 27.2. The molecule has 0 aliphatic carbocycles. The Bertz CT molecular complexity index is 1300. The molecule has 3 aromatic rings. The van der Waals surface area contributed by atoms with E-state index in [4.69, 9.17) is 20.9 Å². The number of nitrogen functional groups attached to an aromatic ring is 1. The molecule has 0 unspecified atom stereocenters. The van der Waals surface area contributed by atoms with E-state index in [0.29, 0.717) is 36.8 Å². The summed E-state index contributed by atoms with van der Waals surface area (Å²) in [6.07, 6.45) is 1.70. The van der Waals surface area contributed by atoms with Gasteiger partial charge in [-0.15, -0.1) is 0 Å². The van der Waals surface area contributed by atoms with E-state index < -0.39 is 23.8 Å². The quantitative estimate of drug-likeness (QED) is 0.359. The average Bonchev–Trinajstić information content (AvgIpc) is 3.56. The lowest BCUT2D eigenvalue weighted by molar-refractivity contribution is -0.123. The Labute approximate surface area is 225 Å². The summed E-state index contributed by atoms with van der Waals surface area (Å²) in [5.74, 6) is -1.17. The Morgan fingerprint density at radius 1 is 1.24 bits per heavy atom. The van der Waals surface area contributed by atoms with Crippen molar-refractivity contribution in [3.8, 4) is 5.75 Å². The summed E-state index contributed by atoms with van der Waals surface area (Å²) in [6, 6.07) is 13.2. The molecule has 4 rings (SSSR count). The second-order valence-electron chi connectivity index (χ2n) is 8.94. The van der Waals surface area contributed by atoms with Crippen LogP contribution in [0.1, 0.15) is 57.1 Å². The van der Waals surface area contributed by atoms with Gasteiger partial charge in [0.15, 0.2) is 5.69 Å². The summed E-state index contributed by atoms with van der Waals surface area (Å²) in [4.78, 5) is 41.1. The molecule has 0 saturated carbocycles. The van der Waals surface area contributed by atoms with Gasteiger partial charge in [0.05, 0.1) is 18.4 Å². The number of ether oxygens (including phenoxy) is 2. The molecule has 2 heterocycles. The summed E-state index contributed by atoms with van der Waals surface area (Å²) >= 11 is 0.768. The van der Waals surface area contributed by atoms with E-state index in [1.54, 1.807) is 42.5 Å². The molecule has 5 N–H and O–H groups in total. The van der Waals surface area contributed by atoms with Gasteiger partial charge in [-0.2, -0.15) is 4.37 Å². The van der Waals surface area contributed by atoms with E-state index >= 15 is 0 Å². The third-order valence-corrected chi connectivity index (χ3v) is 7.05. The molecule has 1 aliphatic heterocycles. The first kappa shape index (κ1) is 27.1. The van der Waals surface area contributed by atoms with Crippen molar-refractivity contribution >= 4 is 40.6 Å². The minimum Gasteiger partial charge on any atom is -0.494 e. The van der Waals surface area contributed by atoms with E-state index in [1.165, 1.54) is 4.90 Å². The minimum atomic E-state index is -1.07. The molecule has 0 radical (unpaired) electrons. The number of aromatic nitrogens is 1. The van der Waals surface area contributed by atoms with E-state index in [2.05, 4.69) is 9.69 Å². The number of carbonyl (C=O) groups excluding carboxylic acids is 3. The number of carbonyl (C=O) groups is 3. The van der Waals surface area contributed by atoms with Crippen molar-refractivity contribution in [2.45, 2.75) is 38.8 Å². The van der Waals surface area contributed by atoms with Crippen molar-refractivity contribution in [2.24, 2.45) is 5.73 Å². The van der Waals surface area contributed by atoms with Crippen molar-refractivity contribution in [3.63, 3.8) is 0 Å². The van der Waals surface area contributed by atoms with Gasteiger partial charge >= 0.3 is 0 Å². The molecule has 1 saturated heterocycles. The Balaban J connectivity index is 1.80. The van der Waals surface area contributed by atoms with Crippen LogP contribution in [0.15, 0.2) is 48.5 Å². The number of amides is 3. The summed E-state index contributed by atoms with van der Waals surface area (Å²) in [6.45, 7) is 5.24. The van der Waals surface area contributed by atoms with Crippen molar-refractivity contribution in [1.82, 2.24) is 9.69 Å². The number of anilines is 2. The van der Waals surface area contributed by atoms with Crippen molar-refractivity contribution in [3.05, 3.63) is 70.2 Å². The zero-order valence-electron chi connectivity index (χ0n) is 21.3. The van der Waals surface area contributed by atoms with Crippen LogP contribution in [0.25, 0.3) is 0 Å². The fourth-order valence-corrected chi connectivity index (χ4v) is 5.09. The van der Waals surface area contributed by atoms with Gasteiger partial charge in [0.2, 0.25) is 5.91 Å². The van der Waals surface area contributed by atoms with Gasteiger partial charge in [0.1, 0.15) is 16.7 Å². The maximum Gasteiger partial charge on any atom is 0.273 e. The van der Waals surface area contributed by atoms with E-state index in [-0.39, 0.29) is 22.4 Å². The van der Waals surface area contributed by atoms with Crippen LogP contribution < -0.4 is 26.4 Å². The number of nitrogens with one attached hydrogen (secondary N) is 1. The molecule has 1 aliphatic rings. The number of rotatable bonds is 10. The molecule has 11 heteroatoms. The normalized spacial score (nSPS) is 15.6. The molecule has 2 atom stereocenters. The monoisotopic (exact) mass is 537 g/mol. The van der Waals surface area contributed by atoms with Crippen LogP contribution in [0, 0.1) is 6.92 Å². The van der Waals surface area contributed by atoms with Gasteiger partial charge in [-0.1, -0.05) is 24.3 Å². The van der Waals surface area contributed by atoms with Crippen LogP contribution in [0.2, 0.25) is 0 Å². The largest absolute Gasteiger partial charge is 0.494 e. The van der Waals surface area contributed by atoms with Gasteiger partial charge in [-0.25, -0.2) is 0 Å². The summed E-state index contributed by atoms with van der Waals surface area (Å²) < 4.78 is 15.2. The predicted molar refractivity (Wildman–Crippen MR) is 145 cm³/mol. The number of primary amides is 1. The predicted octanol–water partition coefficient (Wildman–Crippen LogP) is 3.21. The maximum atomic E-state index is 14.1. The van der Waals surface area contributed by atoms with E-state index in [1.807, 2.05) is 19.9 Å². The molecular weight excluding hydrogens is 506 g/mol. The van der Waals surface area contributed by atoms with Gasteiger partial charge in [0, 0.05) is 18.8 Å². The van der Waals surface area contributed by atoms with Gasteiger partial charge < -0.3 is 26.3 Å². The molecule has 200 valence electrons. The highest BCUT2D eigenvalue weighted by atomic mass is 32.1. The van der Waals surface area contributed by atoms with Crippen LogP contribution in [-0.4, -0.2) is 48.0 Å². The average molecular weight is 538 g/mol. The lowest BCUT2D eigenvalue weighted by Crippen LogP contribution is -2.45. The van der Waals surface area contributed by atoms with Crippen LogP contribution in [0.4, 0.5) is 11.4 Å². The highest BCUT2D eigenvalue weighted by Crippen LogP contribution is 2.34. The number of hydrogen-bond donors (Lipinski definition) is 3. The van der Waals surface area contributed by atoms with Crippen LogP contribution in [0.5, 0.6) is 5.75 Å². The molecule has 0 bridgehead atoms. The summed E-state index contributed by atoms with van der Waals surface area (Å²) in [7, 11) is 0. The topological polar surface area (TPSA) is 150 Å². The lowest BCUT2D eigenvalue weighted by Gasteiger charge is -2.32. The SMILES string of the molecule is CCOc1ccc([C@@H](C(=O)NC[C@@H]2CCCO2)N(C(=O)c2snc(C(N)=O)c2N)c2cccc(C)c2)cc1. The van der Waals surface area contributed by atoms with Crippen LogP contribution in [0.3, 0.4) is 0 Å². The lowest BCUT2D eigenvalue weighted by atomic mass is 10.0. The second kappa shape index (κ2) is 12.1. The number of nitrogens with two attached hydrogens (primary N) is 2. The summed E-state index contributed by atoms with van der Waals surface area (Å²) in [5, 5.41) is 2.97. The standard InChI is InChI=1S/C27H31N5O5S/c1-3-36-19-11-9-17(10-12-19)23(26(34)30-15-20-8-5-13-37-20)32(18-7-4-6-16(2)14-18)27(35)24-21(28)22(25(29)33)31-38-24/h4,6-7,9-12,14,20,23H,3,5,8,13,15,28H2,1-2H3,(H2,29,33)(H,30,34)/t20-,23-/m0/s1. The number of nitrogens with zero attached hydrogens (tertiary/aromatic N) is 2. The molecular formula is C27H31N5O5S. The molecule has 1 fully saturated rings. The first-order valence-electron chi connectivity index (χ1n) is 12.4. The third kappa shape index (κ3) is 5.95.